The molecule has 0 saturated carbocycles. The van der Waals surface area contributed by atoms with Gasteiger partial charge in [0.2, 0.25) is 17.7 Å². The Labute approximate surface area is 170 Å². The van der Waals surface area contributed by atoms with Gasteiger partial charge in [-0.15, -0.1) is 0 Å². The predicted molar refractivity (Wildman–Crippen MR) is 107 cm³/mol. The number of carbonyl (C=O) groups is 3. The summed E-state index contributed by atoms with van der Waals surface area (Å²) in [7, 11) is 0. The predicted octanol–water partition coefficient (Wildman–Crippen LogP) is 1.85. The second kappa shape index (κ2) is 9.98. The number of carbonyl (C=O) groups excluding carboxylic acids is 3. The van der Waals surface area contributed by atoms with Crippen LogP contribution >= 0.6 is 15.9 Å². The molecule has 8 heteroatoms. The van der Waals surface area contributed by atoms with Crippen molar-refractivity contribution >= 4 is 33.7 Å². The van der Waals surface area contributed by atoms with Crippen LogP contribution in [0, 0.1) is 5.82 Å². The first-order valence-corrected chi connectivity index (χ1v) is 9.39. The molecule has 0 aliphatic heterocycles. The van der Waals surface area contributed by atoms with E-state index in [0.717, 1.165) is 10.0 Å². The quantitative estimate of drug-likeness (QED) is 0.572. The fourth-order valence-electron chi connectivity index (χ4n) is 2.75. The van der Waals surface area contributed by atoms with Gasteiger partial charge in [0.15, 0.2) is 0 Å². The highest BCUT2D eigenvalue weighted by atomic mass is 79.9. The molecule has 148 valence electrons. The fourth-order valence-corrected chi connectivity index (χ4v) is 3.20. The van der Waals surface area contributed by atoms with E-state index in [2.05, 4.69) is 26.6 Å². The number of benzene rings is 2. The van der Waals surface area contributed by atoms with Crippen LogP contribution in [-0.2, 0) is 27.2 Å². The van der Waals surface area contributed by atoms with Gasteiger partial charge in [0, 0.05) is 24.2 Å². The normalized spacial score (nSPS) is 12.7. The Morgan fingerprint density at radius 2 is 1.61 bits per heavy atom. The van der Waals surface area contributed by atoms with Gasteiger partial charge < -0.3 is 16.4 Å². The summed E-state index contributed by atoms with van der Waals surface area (Å²) in [5.41, 5.74) is 6.79. The lowest BCUT2D eigenvalue weighted by molar-refractivity contribution is -0.130. The molecule has 0 unspecified atom stereocenters. The summed E-state index contributed by atoms with van der Waals surface area (Å²) in [4.78, 5) is 36.0. The molecule has 2 atom stereocenters. The van der Waals surface area contributed by atoms with Crippen LogP contribution in [0.1, 0.15) is 18.1 Å². The molecule has 0 spiro atoms. The molecule has 0 radical (unpaired) electrons. The lowest BCUT2D eigenvalue weighted by atomic mass is 10.0. The zero-order chi connectivity index (χ0) is 20.7. The molecule has 0 fully saturated rings. The minimum absolute atomic E-state index is 0.0749. The summed E-state index contributed by atoms with van der Waals surface area (Å²) in [6, 6.07) is 11.1. The second-order valence-electron chi connectivity index (χ2n) is 6.38. The van der Waals surface area contributed by atoms with Crippen molar-refractivity contribution in [2.45, 2.75) is 31.8 Å². The number of primary amides is 1. The van der Waals surface area contributed by atoms with Crippen LogP contribution in [0.3, 0.4) is 0 Å². The molecule has 3 amide bonds. The van der Waals surface area contributed by atoms with Crippen molar-refractivity contribution in [1.29, 1.82) is 0 Å². The maximum absolute atomic E-state index is 13.4. The first-order valence-electron chi connectivity index (χ1n) is 8.60. The highest BCUT2D eigenvalue weighted by Gasteiger charge is 2.25. The number of nitrogens with one attached hydrogen (secondary N) is 2. The Hall–Kier alpha value is -2.74. The summed E-state index contributed by atoms with van der Waals surface area (Å²) < 4.78 is 14.3. The maximum atomic E-state index is 13.4. The smallest absolute Gasteiger partial charge is 0.243 e. The second-order valence-corrected chi connectivity index (χ2v) is 7.30. The van der Waals surface area contributed by atoms with Crippen molar-refractivity contribution in [1.82, 2.24) is 10.6 Å². The number of nitrogens with two attached hydrogens (primary N) is 1. The maximum Gasteiger partial charge on any atom is 0.243 e. The minimum atomic E-state index is -0.969. The molecule has 0 bridgehead atoms. The molecule has 0 heterocycles. The molecule has 6 nitrogen and oxygen atoms in total. The zero-order valence-electron chi connectivity index (χ0n) is 15.2. The summed E-state index contributed by atoms with van der Waals surface area (Å²) in [5, 5.41) is 5.12. The van der Waals surface area contributed by atoms with Crippen LogP contribution in [0.15, 0.2) is 53.0 Å². The highest BCUT2D eigenvalue weighted by Crippen LogP contribution is 2.13. The van der Waals surface area contributed by atoms with E-state index >= 15 is 0 Å². The zero-order valence-corrected chi connectivity index (χ0v) is 16.8. The largest absolute Gasteiger partial charge is 0.368 e. The molecule has 28 heavy (non-hydrogen) atoms. The van der Waals surface area contributed by atoms with Gasteiger partial charge in [0.1, 0.15) is 17.9 Å². The minimum Gasteiger partial charge on any atom is -0.368 e. The van der Waals surface area contributed by atoms with E-state index in [4.69, 9.17) is 5.73 Å². The summed E-state index contributed by atoms with van der Waals surface area (Å²) >= 11 is 3.35. The van der Waals surface area contributed by atoms with E-state index in [-0.39, 0.29) is 12.8 Å². The molecule has 0 aliphatic carbocycles. The first-order chi connectivity index (χ1) is 13.2. The highest BCUT2D eigenvalue weighted by molar-refractivity contribution is 9.10. The Kier molecular flexibility index (Phi) is 7.69. The SMILES string of the molecule is CC(=O)N[C@@H](Cc1cccc(F)c1)C(=O)N[C@@H](Cc1cccc(Br)c1)C(N)=O. The van der Waals surface area contributed by atoms with Gasteiger partial charge in [-0.3, -0.25) is 14.4 Å². The lowest BCUT2D eigenvalue weighted by Crippen LogP contribution is -2.54. The van der Waals surface area contributed by atoms with E-state index in [0.29, 0.717) is 5.56 Å². The van der Waals surface area contributed by atoms with Gasteiger partial charge in [-0.2, -0.15) is 0 Å². The van der Waals surface area contributed by atoms with Crippen molar-refractivity contribution in [3.63, 3.8) is 0 Å². The third-order valence-corrected chi connectivity index (χ3v) is 4.50. The molecule has 2 aromatic carbocycles. The summed E-state index contributed by atoms with van der Waals surface area (Å²) in [6.45, 7) is 1.28. The average Bonchev–Trinajstić information content (AvgIpc) is 2.60. The lowest BCUT2D eigenvalue weighted by Gasteiger charge is -2.22. The molecular formula is C20H21BrFN3O3. The van der Waals surface area contributed by atoms with Crippen LogP contribution < -0.4 is 16.4 Å². The van der Waals surface area contributed by atoms with Crippen molar-refractivity contribution in [2.24, 2.45) is 5.73 Å². The fraction of sp³-hybridized carbons (Fsp3) is 0.250. The van der Waals surface area contributed by atoms with Crippen LogP contribution in [-0.4, -0.2) is 29.8 Å². The molecule has 4 N–H and O–H groups in total. The summed E-state index contributed by atoms with van der Waals surface area (Å²) in [5.74, 6) is -2.12. The number of halogens is 2. The third-order valence-electron chi connectivity index (χ3n) is 4.01. The van der Waals surface area contributed by atoms with Crippen LogP contribution in [0.2, 0.25) is 0 Å². The van der Waals surface area contributed by atoms with Crippen molar-refractivity contribution in [3.05, 3.63) is 69.9 Å². The molecule has 2 rings (SSSR count). The van der Waals surface area contributed by atoms with Gasteiger partial charge in [0.05, 0.1) is 0 Å². The van der Waals surface area contributed by atoms with Gasteiger partial charge in [-0.05, 0) is 35.4 Å². The molecular weight excluding hydrogens is 429 g/mol. The van der Waals surface area contributed by atoms with Crippen molar-refractivity contribution in [3.8, 4) is 0 Å². The summed E-state index contributed by atoms with van der Waals surface area (Å²) in [6.07, 6.45) is 0.277. The average molecular weight is 450 g/mol. The van der Waals surface area contributed by atoms with Crippen molar-refractivity contribution < 1.29 is 18.8 Å². The molecule has 0 aliphatic rings. The van der Waals surface area contributed by atoms with E-state index in [1.54, 1.807) is 6.07 Å². The molecule has 0 saturated heterocycles. The van der Waals surface area contributed by atoms with Gasteiger partial charge in [0.25, 0.3) is 0 Å². The number of amides is 3. The van der Waals surface area contributed by atoms with Gasteiger partial charge >= 0.3 is 0 Å². The Morgan fingerprint density at radius 3 is 2.18 bits per heavy atom. The van der Waals surface area contributed by atoms with Crippen molar-refractivity contribution in [2.75, 3.05) is 0 Å². The third kappa shape index (κ3) is 6.77. The first kappa shape index (κ1) is 21.6. The van der Waals surface area contributed by atoms with E-state index < -0.39 is 35.6 Å². The van der Waals surface area contributed by atoms with E-state index in [9.17, 15) is 18.8 Å². The van der Waals surface area contributed by atoms with Gasteiger partial charge in [-0.1, -0.05) is 40.2 Å². The number of hydrogen-bond acceptors (Lipinski definition) is 3. The van der Waals surface area contributed by atoms with E-state index in [1.165, 1.54) is 25.1 Å². The number of hydrogen-bond donors (Lipinski definition) is 3. The van der Waals surface area contributed by atoms with Crippen LogP contribution in [0.4, 0.5) is 4.39 Å². The van der Waals surface area contributed by atoms with E-state index in [1.807, 2.05) is 24.3 Å². The molecule has 2 aromatic rings. The van der Waals surface area contributed by atoms with Crippen LogP contribution in [0.25, 0.3) is 0 Å². The standard InChI is InChI=1S/C20H21BrFN3O3/c1-12(26)24-18(11-14-5-3-7-16(22)9-14)20(28)25-17(19(23)27)10-13-4-2-6-15(21)8-13/h2-9,17-18H,10-11H2,1H3,(H2,23,27)(H,24,26)(H,25,28)/t17-,18-/m0/s1. The molecule has 0 aromatic heterocycles. The Bertz CT molecular complexity index is 875. The number of rotatable bonds is 8. The van der Waals surface area contributed by atoms with Crippen LogP contribution in [0.5, 0.6) is 0 Å². The van der Waals surface area contributed by atoms with Gasteiger partial charge in [-0.25, -0.2) is 4.39 Å². The Balaban J connectivity index is 2.14. The monoisotopic (exact) mass is 449 g/mol. The Morgan fingerprint density at radius 1 is 1.00 bits per heavy atom. The topological polar surface area (TPSA) is 101 Å².